The van der Waals surface area contributed by atoms with Gasteiger partial charge in [-0.25, -0.2) is 0 Å². The second-order valence-corrected chi connectivity index (χ2v) is 5.03. The van der Waals surface area contributed by atoms with Crippen molar-refractivity contribution in [3.05, 3.63) is 58.6 Å². The van der Waals surface area contributed by atoms with Crippen LogP contribution in [0.1, 0.15) is 24.1 Å². The van der Waals surface area contributed by atoms with E-state index in [1.54, 1.807) is 7.11 Å². The van der Waals surface area contributed by atoms with Crippen LogP contribution in [0.25, 0.3) is 0 Å². The molecule has 0 bridgehead atoms. The number of halogens is 1. The molecule has 0 amide bonds. The molecule has 2 rings (SSSR count). The third-order valence-electron chi connectivity index (χ3n) is 3.11. The van der Waals surface area contributed by atoms with E-state index >= 15 is 0 Å². The summed E-state index contributed by atoms with van der Waals surface area (Å²) in [6.07, 6.45) is 0. The molecule has 1 atom stereocenters. The van der Waals surface area contributed by atoms with Gasteiger partial charge in [0.1, 0.15) is 5.75 Å². The van der Waals surface area contributed by atoms with Crippen molar-refractivity contribution in [3.8, 4) is 5.75 Å². The van der Waals surface area contributed by atoms with E-state index in [1.807, 2.05) is 18.2 Å². The highest BCUT2D eigenvalue weighted by atomic mass is 35.5. The number of anilines is 1. The van der Waals surface area contributed by atoms with Gasteiger partial charge in [-0.15, -0.1) is 0 Å². The number of ether oxygens (including phenoxy) is 1. The molecule has 19 heavy (non-hydrogen) atoms. The Labute approximate surface area is 119 Å². The zero-order chi connectivity index (χ0) is 13.8. The monoisotopic (exact) mass is 275 g/mol. The van der Waals surface area contributed by atoms with Crippen molar-refractivity contribution in [3.63, 3.8) is 0 Å². The van der Waals surface area contributed by atoms with Crippen LogP contribution in [0.4, 0.5) is 5.69 Å². The Hall–Kier alpha value is -1.67. The van der Waals surface area contributed by atoms with Gasteiger partial charge in [-0.05, 0) is 37.6 Å². The fourth-order valence-electron chi connectivity index (χ4n) is 1.94. The van der Waals surface area contributed by atoms with Gasteiger partial charge in [0.2, 0.25) is 0 Å². The first-order valence-corrected chi connectivity index (χ1v) is 6.64. The molecule has 0 saturated heterocycles. The van der Waals surface area contributed by atoms with Crippen molar-refractivity contribution in [2.24, 2.45) is 0 Å². The smallest absolute Gasteiger partial charge is 0.137 e. The topological polar surface area (TPSA) is 21.3 Å². The third-order valence-corrected chi connectivity index (χ3v) is 3.41. The Morgan fingerprint density at radius 3 is 2.37 bits per heavy atom. The molecule has 0 aromatic heterocycles. The lowest BCUT2D eigenvalue weighted by atomic mass is 10.1. The van der Waals surface area contributed by atoms with Crippen molar-refractivity contribution in [2.45, 2.75) is 19.9 Å². The van der Waals surface area contributed by atoms with E-state index in [2.05, 4.69) is 43.4 Å². The summed E-state index contributed by atoms with van der Waals surface area (Å²) in [6, 6.07) is 14.5. The summed E-state index contributed by atoms with van der Waals surface area (Å²) in [5.74, 6) is 0.690. The van der Waals surface area contributed by atoms with Crippen LogP contribution < -0.4 is 10.1 Å². The molecular weight excluding hydrogens is 258 g/mol. The van der Waals surface area contributed by atoms with Gasteiger partial charge in [-0.3, -0.25) is 0 Å². The van der Waals surface area contributed by atoms with Crippen LogP contribution in [0, 0.1) is 6.92 Å². The Morgan fingerprint density at radius 2 is 1.79 bits per heavy atom. The number of rotatable bonds is 4. The van der Waals surface area contributed by atoms with Gasteiger partial charge in [0.15, 0.2) is 0 Å². The number of aryl methyl sites for hydroxylation is 1. The molecule has 2 aromatic carbocycles. The Bertz CT molecular complexity index is 551. The minimum absolute atomic E-state index is 0.227. The van der Waals surface area contributed by atoms with Crippen LogP contribution in [0.3, 0.4) is 0 Å². The first kappa shape index (κ1) is 13.8. The van der Waals surface area contributed by atoms with Gasteiger partial charge in [0.05, 0.1) is 12.1 Å². The van der Waals surface area contributed by atoms with Crippen molar-refractivity contribution in [2.75, 3.05) is 12.4 Å². The van der Waals surface area contributed by atoms with Crippen LogP contribution in [0.5, 0.6) is 5.75 Å². The Kier molecular flexibility index (Phi) is 4.33. The minimum Gasteiger partial charge on any atom is -0.495 e. The van der Waals surface area contributed by atoms with Crippen LogP contribution in [0.15, 0.2) is 42.5 Å². The maximum absolute atomic E-state index is 6.11. The van der Waals surface area contributed by atoms with E-state index < -0.39 is 0 Å². The van der Waals surface area contributed by atoms with Crippen LogP contribution in [0.2, 0.25) is 5.02 Å². The number of hydrogen-bond donors (Lipinski definition) is 1. The molecule has 2 nitrogen and oxygen atoms in total. The summed E-state index contributed by atoms with van der Waals surface area (Å²) in [7, 11) is 1.61. The lowest BCUT2D eigenvalue weighted by molar-refractivity contribution is 0.415. The minimum atomic E-state index is 0.227. The Morgan fingerprint density at radius 1 is 1.11 bits per heavy atom. The van der Waals surface area contributed by atoms with Crippen LogP contribution in [-0.4, -0.2) is 7.11 Å². The van der Waals surface area contributed by atoms with Gasteiger partial charge in [0, 0.05) is 11.7 Å². The zero-order valence-corrected chi connectivity index (χ0v) is 12.2. The van der Waals surface area contributed by atoms with Gasteiger partial charge >= 0.3 is 0 Å². The molecule has 1 N–H and O–H groups in total. The summed E-state index contributed by atoms with van der Waals surface area (Å²) in [4.78, 5) is 0. The van der Waals surface area contributed by atoms with Gasteiger partial charge in [-0.2, -0.15) is 0 Å². The molecule has 100 valence electrons. The molecule has 0 aliphatic carbocycles. The second kappa shape index (κ2) is 5.98. The fraction of sp³-hybridized carbons (Fsp3) is 0.250. The van der Waals surface area contributed by atoms with Crippen molar-refractivity contribution in [1.29, 1.82) is 0 Å². The van der Waals surface area contributed by atoms with Crippen molar-refractivity contribution >= 4 is 17.3 Å². The van der Waals surface area contributed by atoms with Crippen molar-refractivity contribution in [1.82, 2.24) is 0 Å². The molecule has 0 radical (unpaired) electrons. The fourth-order valence-corrected chi connectivity index (χ4v) is 2.20. The third kappa shape index (κ3) is 3.42. The first-order chi connectivity index (χ1) is 9.10. The summed E-state index contributed by atoms with van der Waals surface area (Å²) in [6.45, 7) is 4.22. The van der Waals surface area contributed by atoms with E-state index in [4.69, 9.17) is 16.3 Å². The summed E-state index contributed by atoms with van der Waals surface area (Å²) < 4.78 is 5.14. The maximum Gasteiger partial charge on any atom is 0.137 e. The molecule has 0 aliphatic rings. The Balaban J connectivity index is 2.12. The van der Waals surface area contributed by atoms with Gasteiger partial charge < -0.3 is 10.1 Å². The highest BCUT2D eigenvalue weighted by molar-refractivity contribution is 6.32. The summed E-state index contributed by atoms with van der Waals surface area (Å²) in [5, 5.41) is 4.04. The second-order valence-electron chi connectivity index (χ2n) is 4.63. The van der Waals surface area contributed by atoms with E-state index in [0.717, 1.165) is 5.69 Å². The highest BCUT2D eigenvalue weighted by Crippen LogP contribution is 2.29. The molecule has 1 unspecified atom stereocenters. The molecule has 0 saturated carbocycles. The molecular formula is C16H18ClNO. The number of hydrogen-bond acceptors (Lipinski definition) is 2. The standard InChI is InChI=1S/C16H18ClNO/c1-11-4-6-13(7-5-11)12(2)18-14-8-9-16(19-3)15(17)10-14/h4-10,12,18H,1-3H3. The normalized spacial score (nSPS) is 12.0. The molecule has 3 heteroatoms. The summed E-state index contributed by atoms with van der Waals surface area (Å²) in [5.41, 5.74) is 3.50. The lowest BCUT2D eigenvalue weighted by Crippen LogP contribution is -2.06. The van der Waals surface area contributed by atoms with E-state index in [-0.39, 0.29) is 6.04 Å². The molecule has 0 heterocycles. The average molecular weight is 276 g/mol. The van der Waals surface area contributed by atoms with E-state index in [9.17, 15) is 0 Å². The first-order valence-electron chi connectivity index (χ1n) is 6.27. The largest absolute Gasteiger partial charge is 0.495 e. The van der Waals surface area contributed by atoms with Crippen molar-refractivity contribution < 1.29 is 4.74 Å². The number of methoxy groups -OCH3 is 1. The molecule has 2 aromatic rings. The summed E-state index contributed by atoms with van der Waals surface area (Å²) >= 11 is 6.11. The molecule has 0 aliphatic heterocycles. The van der Waals surface area contributed by atoms with Gasteiger partial charge in [0.25, 0.3) is 0 Å². The quantitative estimate of drug-likeness (QED) is 0.863. The molecule has 0 fully saturated rings. The maximum atomic E-state index is 6.11. The number of nitrogens with one attached hydrogen (secondary N) is 1. The van der Waals surface area contributed by atoms with E-state index in [0.29, 0.717) is 10.8 Å². The molecule has 0 spiro atoms. The number of benzene rings is 2. The van der Waals surface area contributed by atoms with Gasteiger partial charge in [-0.1, -0.05) is 41.4 Å². The van der Waals surface area contributed by atoms with Crippen LogP contribution in [-0.2, 0) is 0 Å². The SMILES string of the molecule is COc1ccc(NC(C)c2ccc(C)cc2)cc1Cl. The lowest BCUT2D eigenvalue weighted by Gasteiger charge is -2.16. The average Bonchev–Trinajstić information content (AvgIpc) is 2.39. The predicted octanol–water partition coefficient (Wildman–Crippen LogP) is 4.83. The predicted molar refractivity (Wildman–Crippen MR) is 81.2 cm³/mol. The highest BCUT2D eigenvalue weighted by Gasteiger charge is 2.07. The van der Waals surface area contributed by atoms with E-state index in [1.165, 1.54) is 11.1 Å². The van der Waals surface area contributed by atoms with Crippen LogP contribution >= 0.6 is 11.6 Å². The zero-order valence-electron chi connectivity index (χ0n) is 11.4.